The van der Waals surface area contributed by atoms with Gasteiger partial charge in [0.25, 0.3) is 0 Å². The molecule has 0 aromatic heterocycles. The van der Waals surface area contributed by atoms with Crippen LogP contribution in [0.25, 0.3) is 0 Å². The molecular weight excluding hydrogens is 226 g/mol. The number of aryl methyl sites for hydroxylation is 1. The van der Waals surface area contributed by atoms with Crippen LogP contribution in [0.2, 0.25) is 0 Å². The molecule has 0 aliphatic carbocycles. The van der Waals surface area contributed by atoms with Crippen LogP contribution in [0.3, 0.4) is 0 Å². The van der Waals surface area contributed by atoms with Gasteiger partial charge in [-0.1, -0.05) is 32.9 Å². The minimum atomic E-state index is -0.327. The molecule has 0 spiro atoms. The van der Waals surface area contributed by atoms with E-state index in [1.54, 1.807) is 0 Å². The van der Waals surface area contributed by atoms with Crippen molar-refractivity contribution in [2.24, 2.45) is 5.92 Å². The number of nitrogens with one attached hydrogen (secondary N) is 1. The Hall–Kier alpha value is -1.35. The standard InChI is InChI=1S/C15H23NO2/c1-5-12(9-17)15(18)16-14-8-13(10(2)3)7-6-11(14)4/h6-8,10,12,17H,5,9H2,1-4H3,(H,16,18). The minimum Gasteiger partial charge on any atom is -0.396 e. The van der Waals surface area contributed by atoms with E-state index < -0.39 is 0 Å². The van der Waals surface area contributed by atoms with Gasteiger partial charge in [0, 0.05) is 5.69 Å². The summed E-state index contributed by atoms with van der Waals surface area (Å²) in [6.45, 7) is 8.01. The molecular formula is C15H23NO2. The fraction of sp³-hybridized carbons (Fsp3) is 0.533. The number of anilines is 1. The van der Waals surface area contributed by atoms with E-state index in [1.165, 1.54) is 5.56 Å². The van der Waals surface area contributed by atoms with E-state index in [9.17, 15) is 4.79 Å². The number of carbonyl (C=O) groups is 1. The summed E-state index contributed by atoms with van der Waals surface area (Å²) in [5, 5.41) is 12.0. The molecule has 0 bridgehead atoms. The quantitative estimate of drug-likeness (QED) is 0.842. The molecule has 0 aliphatic rings. The highest BCUT2D eigenvalue weighted by Gasteiger charge is 2.16. The lowest BCUT2D eigenvalue weighted by Gasteiger charge is -2.15. The third kappa shape index (κ3) is 3.57. The fourth-order valence-electron chi connectivity index (χ4n) is 1.77. The molecule has 100 valence electrons. The lowest BCUT2D eigenvalue weighted by molar-refractivity contribution is -0.121. The van der Waals surface area contributed by atoms with E-state index in [2.05, 4.69) is 25.2 Å². The lowest BCUT2D eigenvalue weighted by Crippen LogP contribution is -2.25. The molecule has 0 saturated carbocycles. The molecule has 1 unspecified atom stereocenters. The zero-order chi connectivity index (χ0) is 13.7. The Morgan fingerprint density at radius 1 is 1.39 bits per heavy atom. The van der Waals surface area contributed by atoms with Gasteiger partial charge in [0.1, 0.15) is 0 Å². The van der Waals surface area contributed by atoms with Crippen molar-refractivity contribution >= 4 is 11.6 Å². The van der Waals surface area contributed by atoms with Crippen molar-refractivity contribution in [3.63, 3.8) is 0 Å². The largest absolute Gasteiger partial charge is 0.396 e. The summed E-state index contributed by atoms with van der Waals surface area (Å²) in [4.78, 5) is 11.9. The number of carbonyl (C=O) groups excluding carboxylic acids is 1. The van der Waals surface area contributed by atoms with Crippen LogP contribution in [0.4, 0.5) is 5.69 Å². The Labute approximate surface area is 109 Å². The van der Waals surface area contributed by atoms with E-state index in [0.717, 1.165) is 11.3 Å². The van der Waals surface area contributed by atoms with E-state index >= 15 is 0 Å². The first-order valence-electron chi connectivity index (χ1n) is 6.51. The summed E-state index contributed by atoms with van der Waals surface area (Å²) in [7, 11) is 0. The predicted molar refractivity (Wildman–Crippen MR) is 74.8 cm³/mol. The zero-order valence-electron chi connectivity index (χ0n) is 11.7. The van der Waals surface area contributed by atoms with Crippen molar-refractivity contribution in [1.29, 1.82) is 0 Å². The van der Waals surface area contributed by atoms with Crippen molar-refractivity contribution in [3.8, 4) is 0 Å². The van der Waals surface area contributed by atoms with Crippen molar-refractivity contribution in [3.05, 3.63) is 29.3 Å². The average Bonchev–Trinajstić information content (AvgIpc) is 2.33. The predicted octanol–water partition coefficient (Wildman–Crippen LogP) is 3.08. The summed E-state index contributed by atoms with van der Waals surface area (Å²) in [6.07, 6.45) is 0.644. The van der Waals surface area contributed by atoms with Gasteiger partial charge >= 0.3 is 0 Å². The molecule has 0 heterocycles. The summed E-state index contributed by atoms with van der Waals surface area (Å²) in [5.74, 6) is -0.00261. The SMILES string of the molecule is CCC(CO)C(=O)Nc1cc(C(C)C)ccc1C. The topological polar surface area (TPSA) is 49.3 Å². The second-order valence-electron chi connectivity index (χ2n) is 5.01. The van der Waals surface area contributed by atoms with E-state index in [1.807, 2.05) is 26.0 Å². The number of rotatable bonds is 5. The van der Waals surface area contributed by atoms with Crippen LogP contribution in [0.15, 0.2) is 18.2 Å². The molecule has 1 amide bonds. The highest BCUT2D eigenvalue weighted by atomic mass is 16.3. The van der Waals surface area contributed by atoms with Gasteiger partial charge in [-0.05, 0) is 36.5 Å². The molecule has 3 heteroatoms. The second kappa shape index (κ2) is 6.55. The van der Waals surface area contributed by atoms with Crippen LogP contribution in [-0.2, 0) is 4.79 Å². The number of hydrogen-bond acceptors (Lipinski definition) is 2. The van der Waals surface area contributed by atoms with Crippen molar-refractivity contribution < 1.29 is 9.90 Å². The molecule has 0 fully saturated rings. The third-order valence-corrected chi connectivity index (χ3v) is 3.27. The Morgan fingerprint density at radius 2 is 2.06 bits per heavy atom. The van der Waals surface area contributed by atoms with Gasteiger partial charge in [0.2, 0.25) is 5.91 Å². The number of amides is 1. The molecule has 0 saturated heterocycles. The molecule has 3 nitrogen and oxygen atoms in total. The number of hydrogen-bond donors (Lipinski definition) is 2. The molecule has 1 aromatic rings. The van der Waals surface area contributed by atoms with Crippen molar-refractivity contribution in [2.75, 3.05) is 11.9 Å². The van der Waals surface area contributed by atoms with Crippen molar-refractivity contribution in [1.82, 2.24) is 0 Å². The molecule has 1 aromatic carbocycles. The van der Waals surface area contributed by atoms with Crippen molar-refractivity contribution in [2.45, 2.75) is 40.0 Å². The second-order valence-corrected chi connectivity index (χ2v) is 5.01. The van der Waals surface area contributed by atoms with Crippen LogP contribution in [0.1, 0.15) is 44.2 Å². The van der Waals surface area contributed by atoms with Crippen LogP contribution in [-0.4, -0.2) is 17.6 Å². The highest BCUT2D eigenvalue weighted by Crippen LogP contribution is 2.23. The van der Waals surface area contributed by atoms with E-state index in [0.29, 0.717) is 12.3 Å². The number of benzene rings is 1. The van der Waals surface area contributed by atoms with Gasteiger partial charge in [-0.15, -0.1) is 0 Å². The van der Waals surface area contributed by atoms with Gasteiger partial charge < -0.3 is 10.4 Å². The molecule has 1 atom stereocenters. The normalized spacial score (nSPS) is 12.6. The lowest BCUT2D eigenvalue weighted by atomic mass is 10.00. The minimum absolute atomic E-state index is 0.106. The maximum Gasteiger partial charge on any atom is 0.229 e. The summed E-state index contributed by atoms with van der Waals surface area (Å²) in [6, 6.07) is 6.12. The summed E-state index contributed by atoms with van der Waals surface area (Å²) < 4.78 is 0. The molecule has 0 aliphatic heterocycles. The van der Waals surface area contributed by atoms with Gasteiger partial charge in [-0.25, -0.2) is 0 Å². The Balaban J connectivity index is 2.89. The Morgan fingerprint density at radius 3 is 2.56 bits per heavy atom. The van der Waals surface area contributed by atoms with Crippen LogP contribution in [0, 0.1) is 12.8 Å². The number of aliphatic hydroxyl groups excluding tert-OH is 1. The molecule has 0 radical (unpaired) electrons. The first-order valence-corrected chi connectivity index (χ1v) is 6.51. The van der Waals surface area contributed by atoms with Crippen LogP contribution >= 0.6 is 0 Å². The monoisotopic (exact) mass is 249 g/mol. The van der Waals surface area contributed by atoms with Crippen LogP contribution < -0.4 is 5.32 Å². The average molecular weight is 249 g/mol. The highest BCUT2D eigenvalue weighted by molar-refractivity contribution is 5.93. The fourth-order valence-corrected chi connectivity index (χ4v) is 1.77. The molecule has 2 N–H and O–H groups in total. The number of aliphatic hydroxyl groups is 1. The smallest absolute Gasteiger partial charge is 0.229 e. The first kappa shape index (κ1) is 14.7. The van der Waals surface area contributed by atoms with Gasteiger partial charge in [0.05, 0.1) is 12.5 Å². The summed E-state index contributed by atoms with van der Waals surface area (Å²) >= 11 is 0. The van der Waals surface area contributed by atoms with Gasteiger partial charge in [-0.3, -0.25) is 4.79 Å². The van der Waals surface area contributed by atoms with Crippen LogP contribution in [0.5, 0.6) is 0 Å². The van der Waals surface area contributed by atoms with Gasteiger partial charge in [0.15, 0.2) is 0 Å². The molecule has 18 heavy (non-hydrogen) atoms. The zero-order valence-corrected chi connectivity index (χ0v) is 11.7. The Bertz CT molecular complexity index is 409. The van der Waals surface area contributed by atoms with E-state index in [4.69, 9.17) is 5.11 Å². The maximum absolute atomic E-state index is 11.9. The maximum atomic E-state index is 11.9. The Kier molecular flexibility index (Phi) is 5.35. The van der Waals surface area contributed by atoms with E-state index in [-0.39, 0.29) is 18.4 Å². The summed E-state index contributed by atoms with van der Waals surface area (Å²) in [5.41, 5.74) is 3.09. The van der Waals surface area contributed by atoms with Gasteiger partial charge in [-0.2, -0.15) is 0 Å². The third-order valence-electron chi connectivity index (χ3n) is 3.27. The molecule has 1 rings (SSSR count). The first-order chi connectivity index (χ1) is 8.49.